The van der Waals surface area contributed by atoms with Gasteiger partial charge in [-0.2, -0.15) is 0 Å². The van der Waals surface area contributed by atoms with E-state index in [9.17, 15) is 5.11 Å². The Bertz CT molecular complexity index is 529. The molecule has 1 aromatic carbocycles. The van der Waals surface area contributed by atoms with Gasteiger partial charge in [0.05, 0.1) is 6.10 Å². The third-order valence-electron chi connectivity index (χ3n) is 3.29. The molecule has 0 aliphatic heterocycles. The Kier molecular flexibility index (Phi) is 4.40. The first-order chi connectivity index (χ1) is 9.47. The number of benzene rings is 1. The number of aliphatic hydroxyl groups excluding tert-OH is 1. The molecule has 0 saturated carbocycles. The van der Waals surface area contributed by atoms with Crippen molar-refractivity contribution < 1.29 is 5.11 Å². The highest BCUT2D eigenvalue weighted by atomic mass is 16.3. The molecule has 1 aromatic heterocycles. The SMILES string of the molecule is CC(C)(C)c1ccc(NCC(O)c2ccccc2)nc1. The van der Waals surface area contributed by atoms with Crippen LogP contribution in [0.2, 0.25) is 0 Å². The molecule has 2 N–H and O–H groups in total. The van der Waals surface area contributed by atoms with E-state index in [1.54, 1.807) is 0 Å². The highest BCUT2D eigenvalue weighted by molar-refractivity contribution is 5.37. The van der Waals surface area contributed by atoms with Crippen LogP contribution in [0, 0.1) is 0 Å². The number of rotatable bonds is 4. The number of anilines is 1. The third-order valence-corrected chi connectivity index (χ3v) is 3.29. The Morgan fingerprint density at radius 1 is 1.10 bits per heavy atom. The first-order valence-electron chi connectivity index (χ1n) is 6.90. The minimum atomic E-state index is -0.528. The van der Waals surface area contributed by atoms with E-state index in [1.165, 1.54) is 5.56 Å². The molecule has 3 heteroatoms. The van der Waals surface area contributed by atoms with Crippen LogP contribution in [0.4, 0.5) is 5.82 Å². The normalized spacial score (nSPS) is 13.0. The Labute approximate surface area is 120 Å². The van der Waals surface area contributed by atoms with Crippen molar-refractivity contribution in [1.29, 1.82) is 0 Å². The van der Waals surface area contributed by atoms with Gasteiger partial charge in [-0.1, -0.05) is 57.2 Å². The summed E-state index contributed by atoms with van der Waals surface area (Å²) in [6.45, 7) is 6.94. The topological polar surface area (TPSA) is 45.1 Å². The molecule has 1 atom stereocenters. The van der Waals surface area contributed by atoms with Crippen molar-refractivity contribution in [3.8, 4) is 0 Å². The van der Waals surface area contributed by atoms with Crippen molar-refractivity contribution in [2.45, 2.75) is 32.3 Å². The van der Waals surface area contributed by atoms with Crippen LogP contribution in [0.3, 0.4) is 0 Å². The number of hydrogen-bond donors (Lipinski definition) is 2. The minimum absolute atomic E-state index is 0.106. The first kappa shape index (κ1) is 14.5. The minimum Gasteiger partial charge on any atom is -0.387 e. The lowest BCUT2D eigenvalue weighted by atomic mass is 9.88. The number of nitrogens with zero attached hydrogens (tertiary/aromatic N) is 1. The van der Waals surface area contributed by atoms with E-state index < -0.39 is 6.10 Å². The molecule has 0 amide bonds. The predicted molar refractivity (Wildman–Crippen MR) is 82.8 cm³/mol. The summed E-state index contributed by atoms with van der Waals surface area (Å²) in [5.41, 5.74) is 2.22. The molecule has 106 valence electrons. The summed E-state index contributed by atoms with van der Waals surface area (Å²) in [5, 5.41) is 13.2. The number of pyridine rings is 1. The van der Waals surface area contributed by atoms with Gasteiger partial charge in [0.2, 0.25) is 0 Å². The molecule has 2 aromatic rings. The fourth-order valence-corrected chi connectivity index (χ4v) is 1.94. The zero-order valence-electron chi connectivity index (χ0n) is 12.3. The van der Waals surface area contributed by atoms with E-state index in [2.05, 4.69) is 37.1 Å². The summed E-state index contributed by atoms with van der Waals surface area (Å²) in [5.74, 6) is 0.785. The van der Waals surface area contributed by atoms with E-state index >= 15 is 0 Å². The molecule has 0 saturated heterocycles. The zero-order chi connectivity index (χ0) is 14.6. The van der Waals surface area contributed by atoms with E-state index in [0.29, 0.717) is 6.54 Å². The Morgan fingerprint density at radius 3 is 2.35 bits per heavy atom. The van der Waals surface area contributed by atoms with Crippen LogP contribution in [-0.4, -0.2) is 16.6 Å². The van der Waals surface area contributed by atoms with Gasteiger partial charge in [0.1, 0.15) is 5.82 Å². The first-order valence-corrected chi connectivity index (χ1v) is 6.90. The molecule has 0 aliphatic carbocycles. The quantitative estimate of drug-likeness (QED) is 0.893. The molecule has 20 heavy (non-hydrogen) atoms. The summed E-state index contributed by atoms with van der Waals surface area (Å²) >= 11 is 0. The van der Waals surface area contributed by atoms with Crippen LogP contribution < -0.4 is 5.32 Å². The monoisotopic (exact) mass is 270 g/mol. The number of aliphatic hydroxyl groups is 1. The molecule has 1 unspecified atom stereocenters. The van der Waals surface area contributed by atoms with Crippen LogP contribution in [0.15, 0.2) is 48.7 Å². The summed E-state index contributed by atoms with van der Waals surface area (Å²) in [4.78, 5) is 4.39. The fraction of sp³-hybridized carbons (Fsp3) is 0.353. The highest BCUT2D eigenvalue weighted by Crippen LogP contribution is 2.22. The molecule has 0 bridgehead atoms. The molecular formula is C17H22N2O. The molecule has 0 spiro atoms. The molecule has 1 heterocycles. The van der Waals surface area contributed by atoms with Crippen molar-refractivity contribution in [1.82, 2.24) is 4.98 Å². The van der Waals surface area contributed by atoms with Gasteiger partial charge in [0.15, 0.2) is 0 Å². The lowest BCUT2D eigenvalue weighted by Crippen LogP contribution is -2.14. The standard InChI is InChI=1S/C17H22N2O/c1-17(2,3)14-9-10-16(18-11-14)19-12-15(20)13-7-5-4-6-8-13/h4-11,15,20H,12H2,1-3H3,(H,18,19). The van der Waals surface area contributed by atoms with Gasteiger partial charge in [0.25, 0.3) is 0 Å². The van der Waals surface area contributed by atoms with Crippen molar-refractivity contribution >= 4 is 5.82 Å². The maximum atomic E-state index is 10.1. The number of nitrogens with one attached hydrogen (secondary N) is 1. The van der Waals surface area contributed by atoms with E-state index in [1.807, 2.05) is 42.6 Å². The zero-order valence-corrected chi connectivity index (χ0v) is 12.3. The lowest BCUT2D eigenvalue weighted by molar-refractivity contribution is 0.191. The maximum absolute atomic E-state index is 10.1. The van der Waals surface area contributed by atoms with Crippen LogP contribution in [0.1, 0.15) is 38.0 Å². The Morgan fingerprint density at radius 2 is 1.80 bits per heavy atom. The Hall–Kier alpha value is -1.87. The molecular weight excluding hydrogens is 248 g/mol. The van der Waals surface area contributed by atoms with Crippen LogP contribution in [0.5, 0.6) is 0 Å². The van der Waals surface area contributed by atoms with Crippen molar-refractivity contribution in [2.24, 2.45) is 0 Å². The summed E-state index contributed by atoms with van der Waals surface area (Å²) in [6, 6.07) is 13.7. The molecule has 3 nitrogen and oxygen atoms in total. The summed E-state index contributed by atoms with van der Waals surface area (Å²) < 4.78 is 0. The molecule has 2 rings (SSSR count). The fourth-order valence-electron chi connectivity index (χ4n) is 1.94. The molecule has 0 aliphatic rings. The lowest BCUT2D eigenvalue weighted by Gasteiger charge is -2.19. The average molecular weight is 270 g/mol. The van der Waals surface area contributed by atoms with Gasteiger partial charge in [0, 0.05) is 12.7 Å². The Balaban J connectivity index is 1.94. The van der Waals surface area contributed by atoms with Gasteiger partial charge in [-0.05, 0) is 22.6 Å². The van der Waals surface area contributed by atoms with Crippen molar-refractivity contribution in [3.05, 3.63) is 59.8 Å². The van der Waals surface area contributed by atoms with Crippen molar-refractivity contribution in [3.63, 3.8) is 0 Å². The second-order valence-electron chi connectivity index (χ2n) is 5.99. The van der Waals surface area contributed by atoms with E-state index in [0.717, 1.165) is 11.4 Å². The average Bonchev–Trinajstić information content (AvgIpc) is 2.45. The summed E-state index contributed by atoms with van der Waals surface area (Å²) in [6.07, 6.45) is 1.36. The highest BCUT2D eigenvalue weighted by Gasteiger charge is 2.13. The summed E-state index contributed by atoms with van der Waals surface area (Å²) in [7, 11) is 0. The van der Waals surface area contributed by atoms with Gasteiger partial charge in [-0.3, -0.25) is 0 Å². The third kappa shape index (κ3) is 3.81. The van der Waals surface area contributed by atoms with E-state index in [4.69, 9.17) is 0 Å². The number of hydrogen-bond acceptors (Lipinski definition) is 3. The van der Waals surface area contributed by atoms with Crippen LogP contribution in [-0.2, 0) is 5.41 Å². The second-order valence-corrected chi connectivity index (χ2v) is 5.99. The van der Waals surface area contributed by atoms with Gasteiger partial charge >= 0.3 is 0 Å². The predicted octanol–water partition coefficient (Wildman–Crippen LogP) is 3.52. The maximum Gasteiger partial charge on any atom is 0.125 e. The van der Waals surface area contributed by atoms with E-state index in [-0.39, 0.29) is 5.41 Å². The van der Waals surface area contributed by atoms with Crippen LogP contribution >= 0.6 is 0 Å². The largest absolute Gasteiger partial charge is 0.387 e. The second kappa shape index (κ2) is 6.06. The number of aromatic nitrogens is 1. The van der Waals surface area contributed by atoms with Crippen molar-refractivity contribution in [2.75, 3.05) is 11.9 Å². The molecule has 0 fully saturated rings. The molecule has 0 radical (unpaired) electrons. The van der Waals surface area contributed by atoms with Gasteiger partial charge in [-0.25, -0.2) is 4.98 Å². The van der Waals surface area contributed by atoms with Gasteiger partial charge < -0.3 is 10.4 Å². The smallest absolute Gasteiger partial charge is 0.125 e. The van der Waals surface area contributed by atoms with Gasteiger partial charge in [-0.15, -0.1) is 0 Å². The van der Waals surface area contributed by atoms with Crippen LogP contribution in [0.25, 0.3) is 0 Å².